The number of nitrogens with one attached hydrogen (secondary N) is 1. The van der Waals surface area contributed by atoms with Gasteiger partial charge in [0, 0.05) is 23.7 Å². The number of amides is 1. The van der Waals surface area contributed by atoms with Crippen molar-refractivity contribution >= 4 is 49.4 Å². The van der Waals surface area contributed by atoms with Crippen LogP contribution in [0.3, 0.4) is 0 Å². The first-order valence-corrected chi connectivity index (χ1v) is 6.99. The second kappa shape index (κ2) is 7.36. The molecule has 0 saturated heterocycles. The lowest BCUT2D eigenvalue weighted by Gasteiger charge is -2.10. The third-order valence-electron chi connectivity index (χ3n) is 2.01. The van der Waals surface area contributed by atoms with Crippen molar-refractivity contribution in [1.29, 1.82) is 0 Å². The van der Waals surface area contributed by atoms with E-state index in [1.807, 2.05) is 0 Å². The molecule has 0 aliphatic carbocycles. The van der Waals surface area contributed by atoms with E-state index in [1.165, 1.54) is 0 Å². The maximum atomic E-state index is 11.8. The number of hydrogen-bond donors (Lipinski definition) is 1. The Hall–Kier alpha value is -0.100. The predicted octanol–water partition coefficient (Wildman–Crippen LogP) is 3.24. The average molecular weight is 385 g/mol. The summed E-state index contributed by atoms with van der Waals surface area (Å²) in [7, 11) is 1.62. The Balaban J connectivity index is 2.55. The first-order valence-electron chi connectivity index (χ1n) is 4.91. The molecule has 1 rings (SSSR count). The monoisotopic (exact) mass is 383 g/mol. The molecule has 0 aliphatic heterocycles. The van der Waals surface area contributed by atoms with E-state index >= 15 is 0 Å². The van der Waals surface area contributed by atoms with Crippen LogP contribution < -0.4 is 5.32 Å². The normalized spacial score (nSPS) is 12.2. The van der Waals surface area contributed by atoms with E-state index in [9.17, 15) is 4.79 Å². The van der Waals surface area contributed by atoms with E-state index < -0.39 is 0 Å². The highest BCUT2D eigenvalue weighted by atomic mass is 79.9. The van der Waals surface area contributed by atoms with Crippen molar-refractivity contribution in [3.8, 4) is 0 Å². The summed E-state index contributed by atoms with van der Waals surface area (Å²) >= 11 is 12.6. The molecule has 0 saturated carbocycles. The van der Waals surface area contributed by atoms with Crippen molar-refractivity contribution < 1.29 is 9.53 Å². The van der Waals surface area contributed by atoms with Crippen LogP contribution in [0.15, 0.2) is 22.7 Å². The number of ether oxygens (including phenoxy) is 1. The number of halogens is 3. The average Bonchev–Trinajstić information content (AvgIpc) is 2.30. The molecule has 1 atom stereocenters. The molecule has 1 aromatic rings. The zero-order valence-corrected chi connectivity index (χ0v) is 13.1. The lowest BCUT2D eigenvalue weighted by Crippen LogP contribution is -2.31. The first-order chi connectivity index (χ1) is 8.04. The highest BCUT2D eigenvalue weighted by molar-refractivity contribution is 9.10. The molecule has 1 amide bonds. The fourth-order valence-corrected chi connectivity index (χ4v) is 2.04. The summed E-state index contributed by atoms with van der Waals surface area (Å²) in [5.41, 5.74) is 0.537. The standard InChI is InChI=1S/C11H12Br2ClNO2/c1-17-6-8(12)5-15-11(16)7-2-3-9(13)10(14)4-7/h2-4,8H,5-6H2,1H3,(H,15,16). The van der Waals surface area contributed by atoms with Crippen molar-refractivity contribution in [2.45, 2.75) is 4.83 Å². The summed E-state index contributed by atoms with van der Waals surface area (Å²) in [6.45, 7) is 1.04. The third kappa shape index (κ3) is 4.95. The van der Waals surface area contributed by atoms with Gasteiger partial charge in [0.1, 0.15) is 0 Å². The van der Waals surface area contributed by atoms with Crippen LogP contribution in [-0.2, 0) is 4.74 Å². The topological polar surface area (TPSA) is 38.3 Å². The molecule has 0 aromatic heterocycles. The van der Waals surface area contributed by atoms with Gasteiger partial charge in [-0.1, -0.05) is 27.5 Å². The molecule has 1 unspecified atom stereocenters. The number of benzene rings is 1. The molecule has 6 heteroatoms. The molecular formula is C11H12Br2ClNO2. The van der Waals surface area contributed by atoms with Crippen LogP contribution in [-0.4, -0.2) is 31.0 Å². The highest BCUT2D eigenvalue weighted by Gasteiger charge is 2.10. The van der Waals surface area contributed by atoms with Gasteiger partial charge in [-0.2, -0.15) is 0 Å². The SMILES string of the molecule is COCC(Br)CNC(=O)c1ccc(Br)c(Cl)c1. The molecule has 3 nitrogen and oxygen atoms in total. The van der Waals surface area contributed by atoms with Crippen LogP contribution in [0.1, 0.15) is 10.4 Å². The van der Waals surface area contributed by atoms with Gasteiger partial charge in [0.15, 0.2) is 0 Å². The zero-order chi connectivity index (χ0) is 12.8. The summed E-state index contributed by atoms with van der Waals surface area (Å²) < 4.78 is 5.72. The molecule has 0 fully saturated rings. The number of methoxy groups -OCH3 is 1. The van der Waals surface area contributed by atoms with Crippen LogP contribution in [0.5, 0.6) is 0 Å². The van der Waals surface area contributed by atoms with E-state index in [-0.39, 0.29) is 10.7 Å². The van der Waals surface area contributed by atoms with Gasteiger partial charge in [-0.3, -0.25) is 4.79 Å². The fraction of sp³-hybridized carbons (Fsp3) is 0.364. The highest BCUT2D eigenvalue weighted by Crippen LogP contribution is 2.23. The molecule has 1 aromatic carbocycles. The first kappa shape index (κ1) is 15.0. The number of hydrogen-bond acceptors (Lipinski definition) is 2. The van der Waals surface area contributed by atoms with E-state index in [2.05, 4.69) is 37.2 Å². The van der Waals surface area contributed by atoms with E-state index in [0.29, 0.717) is 23.7 Å². The van der Waals surface area contributed by atoms with Gasteiger partial charge in [-0.05, 0) is 34.1 Å². The molecule has 94 valence electrons. The van der Waals surface area contributed by atoms with E-state index in [1.54, 1.807) is 25.3 Å². The van der Waals surface area contributed by atoms with E-state index in [4.69, 9.17) is 16.3 Å². The molecule has 0 bridgehead atoms. The number of alkyl halides is 1. The van der Waals surface area contributed by atoms with Gasteiger partial charge in [0.25, 0.3) is 5.91 Å². The van der Waals surface area contributed by atoms with Crippen molar-refractivity contribution in [1.82, 2.24) is 5.32 Å². The Morgan fingerprint density at radius 2 is 2.29 bits per heavy atom. The van der Waals surface area contributed by atoms with Crippen molar-refractivity contribution in [2.24, 2.45) is 0 Å². The Bertz CT molecular complexity index is 401. The van der Waals surface area contributed by atoms with Crippen molar-refractivity contribution in [3.63, 3.8) is 0 Å². The van der Waals surface area contributed by atoms with Gasteiger partial charge < -0.3 is 10.1 Å². The van der Waals surface area contributed by atoms with Crippen LogP contribution >= 0.6 is 43.5 Å². The summed E-state index contributed by atoms with van der Waals surface area (Å²) in [5, 5.41) is 3.31. The molecular weight excluding hydrogens is 373 g/mol. The summed E-state index contributed by atoms with van der Waals surface area (Å²) in [4.78, 5) is 11.9. The molecule has 17 heavy (non-hydrogen) atoms. The van der Waals surface area contributed by atoms with E-state index in [0.717, 1.165) is 4.47 Å². The Morgan fingerprint density at radius 1 is 1.59 bits per heavy atom. The Morgan fingerprint density at radius 3 is 2.88 bits per heavy atom. The number of rotatable bonds is 5. The number of carbonyl (C=O) groups excluding carboxylic acids is 1. The Labute approximate surface area is 122 Å². The summed E-state index contributed by atoms with van der Waals surface area (Å²) in [6.07, 6.45) is 0. The molecule has 0 aliphatic rings. The molecule has 1 N–H and O–H groups in total. The lowest BCUT2D eigenvalue weighted by molar-refractivity contribution is 0.0950. The molecule has 0 radical (unpaired) electrons. The maximum Gasteiger partial charge on any atom is 0.251 e. The summed E-state index contributed by atoms with van der Waals surface area (Å²) in [6, 6.07) is 5.09. The quantitative estimate of drug-likeness (QED) is 0.791. The van der Waals surface area contributed by atoms with Gasteiger partial charge in [-0.25, -0.2) is 0 Å². The lowest BCUT2D eigenvalue weighted by atomic mass is 10.2. The van der Waals surface area contributed by atoms with Crippen LogP contribution in [0.4, 0.5) is 0 Å². The minimum Gasteiger partial charge on any atom is -0.383 e. The summed E-state index contributed by atoms with van der Waals surface area (Å²) in [5.74, 6) is -0.153. The van der Waals surface area contributed by atoms with Gasteiger partial charge in [0.2, 0.25) is 0 Å². The Kier molecular flexibility index (Phi) is 6.48. The van der Waals surface area contributed by atoms with Gasteiger partial charge >= 0.3 is 0 Å². The smallest absolute Gasteiger partial charge is 0.251 e. The van der Waals surface area contributed by atoms with Crippen LogP contribution in [0.25, 0.3) is 0 Å². The second-order valence-electron chi connectivity index (χ2n) is 3.39. The third-order valence-corrected chi connectivity index (χ3v) is 3.83. The largest absolute Gasteiger partial charge is 0.383 e. The minimum absolute atomic E-state index is 0.0994. The predicted molar refractivity (Wildman–Crippen MR) is 76.1 cm³/mol. The van der Waals surface area contributed by atoms with Crippen LogP contribution in [0, 0.1) is 0 Å². The number of carbonyl (C=O) groups is 1. The van der Waals surface area contributed by atoms with Crippen molar-refractivity contribution in [3.05, 3.63) is 33.3 Å². The van der Waals surface area contributed by atoms with Gasteiger partial charge in [-0.15, -0.1) is 0 Å². The fourth-order valence-electron chi connectivity index (χ4n) is 1.18. The molecule has 0 spiro atoms. The second-order valence-corrected chi connectivity index (χ2v) is 5.95. The maximum absolute atomic E-state index is 11.8. The molecule has 0 heterocycles. The minimum atomic E-state index is -0.153. The van der Waals surface area contributed by atoms with Crippen molar-refractivity contribution in [2.75, 3.05) is 20.3 Å². The zero-order valence-electron chi connectivity index (χ0n) is 9.17. The van der Waals surface area contributed by atoms with Gasteiger partial charge in [0.05, 0.1) is 16.5 Å². The van der Waals surface area contributed by atoms with Crippen LogP contribution in [0.2, 0.25) is 5.02 Å².